The highest BCUT2D eigenvalue weighted by Crippen LogP contribution is 2.50. The molecule has 1 saturated heterocycles. The lowest BCUT2D eigenvalue weighted by Gasteiger charge is -2.52. The molecule has 0 saturated carbocycles. The van der Waals surface area contributed by atoms with E-state index < -0.39 is 5.72 Å². The van der Waals surface area contributed by atoms with Crippen molar-refractivity contribution in [3.8, 4) is 11.5 Å². The maximum Gasteiger partial charge on any atom is 0.188 e. The highest BCUT2D eigenvalue weighted by molar-refractivity contribution is 9.10. The fourth-order valence-corrected chi connectivity index (χ4v) is 4.92. The van der Waals surface area contributed by atoms with Crippen molar-refractivity contribution in [2.45, 2.75) is 39.0 Å². The van der Waals surface area contributed by atoms with Crippen molar-refractivity contribution in [1.29, 1.82) is 0 Å². The summed E-state index contributed by atoms with van der Waals surface area (Å²) in [5, 5.41) is 4.18. The Morgan fingerprint density at radius 3 is 2.58 bits per heavy atom. The molecule has 4 nitrogen and oxygen atoms in total. The van der Waals surface area contributed by atoms with Gasteiger partial charge in [0, 0.05) is 22.1 Å². The average molecular weight is 433 g/mol. The van der Waals surface area contributed by atoms with Crippen LogP contribution in [-0.4, -0.2) is 17.9 Å². The molecule has 4 rings (SSSR count). The summed E-state index contributed by atoms with van der Waals surface area (Å²) in [6, 6.07) is 10.5. The minimum Gasteiger partial charge on any atom is -0.493 e. The number of benzene rings is 2. The highest BCUT2D eigenvalue weighted by atomic mass is 79.9. The van der Waals surface area contributed by atoms with Crippen molar-refractivity contribution in [1.82, 2.24) is 5.32 Å². The van der Waals surface area contributed by atoms with E-state index in [9.17, 15) is 0 Å². The Morgan fingerprint density at radius 2 is 1.92 bits per heavy atom. The molecule has 2 aliphatic heterocycles. The third kappa shape index (κ3) is 2.76. The van der Waals surface area contributed by atoms with Gasteiger partial charge in [-0.1, -0.05) is 22.0 Å². The van der Waals surface area contributed by atoms with Crippen LogP contribution in [0.15, 0.2) is 34.8 Å². The van der Waals surface area contributed by atoms with Crippen LogP contribution in [0.3, 0.4) is 0 Å². The molecule has 0 aliphatic carbocycles. The van der Waals surface area contributed by atoms with E-state index >= 15 is 0 Å². The predicted octanol–water partition coefficient (Wildman–Crippen LogP) is 5.01. The van der Waals surface area contributed by atoms with Crippen LogP contribution in [0.5, 0.6) is 11.5 Å². The number of halogens is 1. The van der Waals surface area contributed by atoms with Gasteiger partial charge in [0.2, 0.25) is 0 Å². The van der Waals surface area contributed by atoms with Gasteiger partial charge in [0.1, 0.15) is 0 Å². The highest BCUT2D eigenvalue weighted by Gasteiger charge is 2.49. The average Bonchev–Trinajstić information content (AvgIpc) is 2.53. The topological polar surface area (TPSA) is 33.7 Å². The third-order valence-corrected chi connectivity index (χ3v) is 5.75. The Morgan fingerprint density at radius 1 is 1.23 bits per heavy atom. The number of ether oxygens (including phenoxy) is 2. The largest absolute Gasteiger partial charge is 0.493 e. The molecule has 136 valence electrons. The van der Waals surface area contributed by atoms with Gasteiger partial charge in [0.15, 0.2) is 22.3 Å². The summed E-state index contributed by atoms with van der Waals surface area (Å²) < 4.78 is 13.1. The second-order valence-corrected chi connectivity index (χ2v) is 8.49. The Balaban J connectivity index is 1.85. The zero-order valence-corrected chi connectivity index (χ0v) is 17.6. The van der Waals surface area contributed by atoms with Crippen LogP contribution in [0.4, 0.5) is 5.69 Å². The van der Waals surface area contributed by atoms with E-state index in [-0.39, 0.29) is 6.04 Å². The number of hydrogen-bond donors (Lipinski definition) is 1. The molecule has 1 N–H and O–H groups in total. The maximum atomic E-state index is 6.54. The Hall–Kier alpha value is -1.79. The van der Waals surface area contributed by atoms with E-state index in [1.165, 1.54) is 11.1 Å². The lowest BCUT2D eigenvalue weighted by atomic mass is 9.90. The molecule has 0 aromatic heterocycles. The number of nitrogens with zero attached hydrogens (tertiary/aromatic N) is 1. The SMILES string of the molecule is COc1cc(Br)cc2c1OC1(C)CC2NC(=S)N1c1cc(C)cc(C)c1. The Bertz CT molecular complexity index is 897. The number of thiocarbonyl (C=S) groups is 1. The molecule has 26 heavy (non-hydrogen) atoms. The molecule has 6 heteroatoms. The van der Waals surface area contributed by atoms with Gasteiger partial charge in [-0.2, -0.15) is 0 Å². The Labute approximate surface area is 167 Å². The molecular weight excluding hydrogens is 412 g/mol. The molecular formula is C20H21BrN2O2S. The predicted molar refractivity (Wildman–Crippen MR) is 111 cm³/mol. The molecule has 2 aliphatic rings. The quantitative estimate of drug-likeness (QED) is 0.674. The molecule has 0 spiro atoms. The van der Waals surface area contributed by atoms with E-state index in [1.807, 2.05) is 6.07 Å². The van der Waals surface area contributed by atoms with Gasteiger partial charge in [-0.25, -0.2) is 0 Å². The number of anilines is 1. The first kappa shape index (κ1) is 17.6. The van der Waals surface area contributed by atoms with Crippen molar-refractivity contribution >= 4 is 38.9 Å². The summed E-state index contributed by atoms with van der Waals surface area (Å²) in [6.07, 6.45) is 0.784. The van der Waals surface area contributed by atoms with E-state index in [2.05, 4.69) is 71.2 Å². The molecule has 0 radical (unpaired) electrons. The van der Waals surface area contributed by atoms with Crippen molar-refractivity contribution in [3.05, 3.63) is 51.5 Å². The number of aryl methyl sites for hydroxylation is 2. The van der Waals surface area contributed by atoms with E-state index in [0.717, 1.165) is 33.6 Å². The van der Waals surface area contributed by atoms with Crippen LogP contribution >= 0.6 is 28.1 Å². The van der Waals surface area contributed by atoms with Gasteiger partial charge in [-0.3, -0.25) is 4.90 Å². The zero-order valence-electron chi connectivity index (χ0n) is 15.2. The molecule has 2 bridgehead atoms. The zero-order chi connectivity index (χ0) is 18.6. The molecule has 2 atom stereocenters. The Kier molecular flexibility index (Phi) is 4.15. The smallest absolute Gasteiger partial charge is 0.188 e. The van der Waals surface area contributed by atoms with Gasteiger partial charge < -0.3 is 14.8 Å². The van der Waals surface area contributed by atoms with Crippen molar-refractivity contribution in [2.75, 3.05) is 12.0 Å². The lowest BCUT2D eigenvalue weighted by Crippen LogP contribution is -2.65. The molecule has 2 unspecified atom stereocenters. The number of rotatable bonds is 2. The summed E-state index contributed by atoms with van der Waals surface area (Å²) in [5.74, 6) is 1.50. The molecule has 2 aromatic carbocycles. The fraction of sp³-hybridized carbons (Fsp3) is 0.350. The minimum absolute atomic E-state index is 0.0878. The van der Waals surface area contributed by atoms with Gasteiger partial charge in [0.05, 0.1) is 13.2 Å². The summed E-state index contributed by atoms with van der Waals surface area (Å²) >= 11 is 9.30. The normalized spacial score (nSPS) is 23.8. The van der Waals surface area contributed by atoms with E-state index in [1.54, 1.807) is 7.11 Å². The van der Waals surface area contributed by atoms with Gasteiger partial charge in [-0.15, -0.1) is 0 Å². The van der Waals surface area contributed by atoms with E-state index in [0.29, 0.717) is 5.11 Å². The number of hydrogen-bond acceptors (Lipinski definition) is 3. The van der Waals surface area contributed by atoms with Crippen LogP contribution < -0.4 is 19.7 Å². The first-order valence-corrected chi connectivity index (χ1v) is 9.76. The number of methoxy groups -OCH3 is 1. The van der Waals surface area contributed by atoms with Crippen LogP contribution in [0.2, 0.25) is 0 Å². The summed E-state index contributed by atoms with van der Waals surface area (Å²) in [7, 11) is 1.66. The monoisotopic (exact) mass is 432 g/mol. The van der Waals surface area contributed by atoms with Crippen LogP contribution in [0.1, 0.15) is 36.1 Å². The van der Waals surface area contributed by atoms with Gasteiger partial charge in [-0.05, 0) is 68.4 Å². The standard InChI is InChI=1S/C20H21BrN2O2S/c1-11-5-12(2)7-14(6-11)23-19(26)22-16-10-20(23,3)25-18-15(16)8-13(21)9-17(18)24-4/h5-9,16H,10H2,1-4H3,(H,22,26). The third-order valence-electron chi connectivity index (χ3n) is 4.99. The van der Waals surface area contributed by atoms with Crippen LogP contribution in [-0.2, 0) is 0 Å². The second-order valence-electron chi connectivity index (χ2n) is 7.19. The first-order chi connectivity index (χ1) is 12.3. The fourth-order valence-electron chi connectivity index (χ4n) is 4.02. The van der Waals surface area contributed by atoms with Crippen LogP contribution in [0.25, 0.3) is 0 Å². The van der Waals surface area contributed by atoms with Crippen LogP contribution in [0, 0.1) is 13.8 Å². The minimum atomic E-state index is -0.582. The van der Waals surface area contributed by atoms with Crippen molar-refractivity contribution in [3.63, 3.8) is 0 Å². The first-order valence-electron chi connectivity index (χ1n) is 8.56. The summed E-state index contributed by atoms with van der Waals surface area (Å²) in [6.45, 7) is 6.29. The van der Waals surface area contributed by atoms with Crippen molar-refractivity contribution < 1.29 is 9.47 Å². The maximum absolute atomic E-state index is 6.54. The molecule has 2 aromatic rings. The number of nitrogens with one attached hydrogen (secondary N) is 1. The molecule has 0 amide bonds. The van der Waals surface area contributed by atoms with E-state index in [4.69, 9.17) is 21.7 Å². The van der Waals surface area contributed by atoms with Gasteiger partial charge in [0.25, 0.3) is 0 Å². The summed E-state index contributed by atoms with van der Waals surface area (Å²) in [4.78, 5) is 2.09. The second kappa shape index (κ2) is 6.13. The lowest BCUT2D eigenvalue weighted by molar-refractivity contribution is 0.0464. The summed E-state index contributed by atoms with van der Waals surface area (Å²) in [5.41, 5.74) is 3.93. The van der Waals surface area contributed by atoms with Gasteiger partial charge >= 0.3 is 0 Å². The molecule has 2 heterocycles. The molecule has 1 fully saturated rings. The number of fused-ring (bicyclic) bond motifs is 4. The van der Waals surface area contributed by atoms with Crippen molar-refractivity contribution in [2.24, 2.45) is 0 Å².